The second-order valence-corrected chi connectivity index (χ2v) is 6.79. The molecule has 1 aliphatic rings. The highest BCUT2D eigenvalue weighted by atomic mass is 14.8. The number of hydrogen-bond acceptors (Lipinski definition) is 2. The summed E-state index contributed by atoms with van der Waals surface area (Å²) >= 11 is 0. The van der Waals surface area contributed by atoms with Crippen molar-refractivity contribution in [2.45, 2.75) is 46.5 Å². The lowest BCUT2D eigenvalue weighted by Gasteiger charge is -2.41. The minimum Gasteiger partial charge on any atom is -0.317 e. The Hall–Kier alpha value is -0.890. The van der Waals surface area contributed by atoms with Crippen LogP contribution >= 0.6 is 0 Å². The Morgan fingerprint density at radius 3 is 2.68 bits per heavy atom. The molecule has 0 aliphatic heterocycles. The standard InChI is InChI=1S/C17H28N2/c1-4-18-13-15-5-8-17(2,3)12-16(15)11-14-6-9-19-10-7-14/h6-7,9-10,15-16,18H,4-5,8,11-13H2,1-3H3. The minimum atomic E-state index is 0.514. The molecule has 0 radical (unpaired) electrons. The Kier molecular flexibility index (Phi) is 4.98. The van der Waals surface area contributed by atoms with E-state index in [9.17, 15) is 0 Å². The van der Waals surface area contributed by atoms with Crippen LogP contribution in [-0.4, -0.2) is 18.1 Å². The van der Waals surface area contributed by atoms with Gasteiger partial charge in [0.1, 0.15) is 0 Å². The summed E-state index contributed by atoms with van der Waals surface area (Å²) in [6, 6.07) is 4.35. The lowest BCUT2D eigenvalue weighted by Crippen LogP contribution is -2.37. The fourth-order valence-corrected chi connectivity index (χ4v) is 3.45. The molecule has 1 fully saturated rings. The molecule has 0 saturated heterocycles. The zero-order chi connectivity index (χ0) is 13.7. The molecule has 106 valence electrons. The number of rotatable bonds is 5. The van der Waals surface area contributed by atoms with Crippen molar-refractivity contribution in [1.82, 2.24) is 10.3 Å². The first kappa shape index (κ1) is 14.5. The zero-order valence-electron chi connectivity index (χ0n) is 12.7. The van der Waals surface area contributed by atoms with Crippen molar-refractivity contribution in [2.24, 2.45) is 17.3 Å². The molecular weight excluding hydrogens is 232 g/mol. The maximum Gasteiger partial charge on any atom is 0.0270 e. The number of aromatic nitrogens is 1. The van der Waals surface area contributed by atoms with E-state index in [4.69, 9.17) is 0 Å². The highest BCUT2D eigenvalue weighted by Crippen LogP contribution is 2.42. The van der Waals surface area contributed by atoms with Crippen LogP contribution in [0.5, 0.6) is 0 Å². The van der Waals surface area contributed by atoms with E-state index in [1.165, 1.54) is 37.8 Å². The van der Waals surface area contributed by atoms with E-state index in [1.807, 2.05) is 12.4 Å². The topological polar surface area (TPSA) is 24.9 Å². The lowest BCUT2D eigenvalue weighted by atomic mass is 9.65. The third kappa shape index (κ3) is 4.31. The molecule has 19 heavy (non-hydrogen) atoms. The zero-order valence-corrected chi connectivity index (χ0v) is 12.7. The molecule has 0 amide bonds. The summed E-state index contributed by atoms with van der Waals surface area (Å²) in [6.45, 7) is 9.32. The van der Waals surface area contributed by atoms with Gasteiger partial charge in [-0.15, -0.1) is 0 Å². The van der Waals surface area contributed by atoms with Gasteiger partial charge in [0.2, 0.25) is 0 Å². The summed E-state index contributed by atoms with van der Waals surface area (Å²) in [6.07, 6.45) is 9.14. The summed E-state index contributed by atoms with van der Waals surface area (Å²) in [5, 5.41) is 3.55. The highest BCUT2D eigenvalue weighted by Gasteiger charge is 2.34. The molecule has 1 aromatic rings. The first-order valence-corrected chi connectivity index (χ1v) is 7.70. The van der Waals surface area contributed by atoms with Gasteiger partial charge in [0.15, 0.2) is 0 Å². The first-order chi connectivity index (χ1) is 9.11. The smallest absolute Gasteiger partial charge is 0.0270 e. The minimum absolute atomic E-state index is 0.514. The van der Waals surface area contributed by atoms with E-state index >= 15 is 0 Å². The second kappa shape index (κ2) is 6.51. The van der Waals surface area contributed by atoms with Crippen LogP contribution in [0.25, 0.3) is 0 Å². The molecule has 1 saturated carbocycles. The van der Waals surface area contributed by atoms with Crippen molar-refractivity contribution in [1.29, 1.82) is 0 Å². The molecule has 2 heteroatoms. The average molecular weight is 260 g/mol. The molecule has 0 aromatic carbocycles. The Bertz CT molecular complexity index is 372. The van der Waals surface area contributed by atoms with Gasteiger partial charge in [-0.05, 0) is 73.7 Å². The van der Waals surface area contributed by atoms with Gasteiger partial charge in [0, 0.05) is 12.4 Å². The molecule has 1 N–H and O–H groups in total. The Balaban J connectivity index is 2.02. The fraction of sp³-hybridized carbons (Fsp3) is 0.706. The number of nitrogens with zero attached hydrogens (tertiary/aromatic N) is 1. The lowest BCUT2D eigenvalue weighted by molar-refractivity contribution is 0.116. The fourth-order valence-electron chi connectivity index (χ4n) is 3.45. The van der Waals surface area contributed by atoms with E-state index < -0.39 is 0 Å². The van der Waals surface area contributed by atoms with Gasteiger partial charge in [-0.2, -0.15) is 0 Å². The molecule has 2 atom stereocenters. The van der Waals surface area contributed by atoms with Gasteiger partial charge in [-0.1, -0.05) is 20.8 Å². The second-order valence-electron chi connectivity index (χ2n) is 6.79. The molecule has 2 rings (SSSR count). The number of nitrogens with one attached hydrogen (secondary N) is 1. The van der Waals surface area contributed by atoms with E-state index in [2.05, 4.69) is 43.2 Å². The van der Waals surface area contributed by atoms with Crippen molar-refractivity contribution >= 4 is 0 Å². The van der Waals surface area contributed by atoms with Crippen LogP contribution in [0.4, 0.5) is 0 Å². The average Bonchev–Trinajstić information content (AvgIpc) is 2.38. The van der Waals surface area contributed by atoms with Gasteiger partial charge in [-0.25, -0.2) is 0 Å². The number of hydrogen-bond donors (Lipinski definition) is 1. The third-order valence-corrected chi connectivity index (χ3v) is 4.58. The Morgan fingerprint density at radius 2 is 2.00 bits per heavy atom. The summed E-state index contributed by atoms with van der Waals surface area (Å²) in [4.78, 5) is 4.12. The molecule has 2 unspecified atom stereocenters. The Morgan fingerprint density at radius 1 is 1.26 bits per heavy atom. The van der Waals surface area contributed by atoms with E-state index in [0.717, 1.165) is 18.4 Å². The normalized spacial score (nSPS) is 26.3. The van der Waals surface area contributed by atoms with Crippen LogP contribution < -0.4 is 5.32 Å². The van der Waals surface area contributed by atoms with Crippen molar-refractivity contribution in [3.63, 3.8) is 0 Å². The third-order valence-electron chi connectivity index (χ3n) is 4.58. The van der Waals surface area contributed by atoms with Crippen molar-refractivity contribution in [3.8, 4) is 0 Å². The molecule has 0 spiro atoms. The maximum atomic E-state index is 4.12. The van der Waals surface area contributed by atoms with Crippen LogP contribution in [0, 0.1) is 17.3 Å². The monoisotopic (exact) mass is 260 g/mol. The molecule has 1 aromatic heterocycles. The molecular formula is C17H28N2. The van der Waals surface area contributed by atoms with Crippen LogP contribution in [0.3, 0.4) is 0 Å². The van der Waals surface area contributed by atoms with Crippen molar-refractivity contribution in [2.75, 3.05) is 13.1 Å². The quantitative estimate of drug-likeness (QED) is 0.873. The SMILES string of the molecule is CCNCC1CCC(C)(C)CC1Cc1ccncc1. The van der Waals surface area contributed by atoms with Gasteiger partial charge in [-0.3, -0.25) is 4.98 Å². The van der Waals surface area contributed by atoms with E-state index in [0.29, 0.717) is 5.41 Å². The van der Waals surface area contributed by atoms with Crippen LogP contribution in [0.1, 0.15) is 45.6 Å². The number of pyridine rings is 1. The summed E-state index contributed by atoms with van der Waals surface area (Å²) < 4.78 is 0. The van der Waals surface area contributed by atoms with Gasteiger partial charge in [0.05, 0.1) is 0 Å². The van der Waals surface area contributed by atoms with Gasteiger partial charge in [0.25, 0.3) is 0 Å². The largest absolute Gasteiger partial charge is 0.317 e. The van der Waals surface area contributed by atoms with E-state index in [1.54, 1.807) is 0 Å². The summed E-state index contributed by atoms with van der Waals surface area (Å²) in [5.41, 5.74) is 1.96. The van der Waals surface area contributed by atoms with Crippen molar-refractivity contribution < 1.29 is 0 Å². The highest BCUT2D eigenvalue weighted by molar-refractivity contribution is 5.11. The molecule has 1 heterocycles. The predicted octanol–water partition coefficient (Wildman–Crippen LogP) is 3.68. The Labute approximate surface area is 118 Å². The maximum absolute atomic E-state index is 4.12. The summed E-state index contributed by atoms with van der Waals surface area (Å²) in [5.74, 6) is 1.64. The first-order valence-electron chi connectivity index (χ1n) is 7.70. The van der Waals surface area contributed by atoms with E-state index in [-0.39, 0.29) is 0 Å². The van der Waals surface area contributed by atoms with Gasteiger partial charge < -0.3 is 5.32 Å². The van der Waals surface area contributed by atoms with Crippen LogP contribution in [0.15, 0.2) is 24.5 Å². The summed E-state index contributed by atoms with van der Waals surface area (Å²) in [7, 11) is 0. The van der Waals surface area contributed by atoms with Crippen LogP contribution in [-0.2, 0) is 6.42 Å². The predicted molar refractivity (Wildman–Crippen MR) is 81.1 cm³/mol. The van der Waals surface area contributed by atoms with Crippen molar-refractivity contribution in [3.05, 3.63) is 30.1 Å². The van der Waals surface area contributed by atoms with Gasteiger partial charge >= 0.3 is 0 Å². The van der Waals surface area contributed by atoms with Crippen LogP contribution in [0.2, 0.25) is 0 Å². The molecule has 2 nitrogen and oxygen atoms in total. The molecule has 1 aliphatic carbocycles. The molecule has 0 bridgehead atoms.